The first-order chi connectivity index (χ1) is 13.1. The average molecular weight is 389 g/mol. The smallest absolute Gasteiger partial charge is 0.275 e. The van der Waals surface area contributed by atoms with E-state index in [1.54, 1.807) is 7.11 Å². The summed E-state index contributed by atoms with van der Waals surface area (Å²) >= 11 is 5.89. The molecule has 1 aliphatic rings. The van der Waals surface area contributed by atoms with Crippen LogP contribution in [0.3, 0.4) is 0 Å². The summed E-state index contributed by atoms with van der Waals surface area (Å²) in [5.74, 6) is 0.996. The van der Waals surface area contributed by atoms with Gasteiger partial charge >= 0.3 is 0 Å². The van der Waals surface area contributed by atoms with Gasteiger partial charge in [-0.1, -0.05) is 23.7 Å². The molecule has 6 heteroatoms. The van der Waals surface area contributed by atoms with Gasteiger partial charge in [-0.3, -0.25) is 4.79 Å². The molecule has 0 saturated carbocycles. The van der Waals surface area contributed by atoms with Crippen LogP contribution in [0.25, 0.3) is 0 Å². The van der Waals surface area contributed by atoms with Crippen molar-refractivity contribution >= 4 is 23.2 Å². The van der Waals surface area contributed by atoms with Gasteiger partial charge < -0.3 is 19.9 Å². The fourth-order valence-corrected chi connectivity index (χ4v) is 3.46. The van der Waals surface area contributed by atoms with E-state index < -0.39 is 0 Å². The molecule has 0 aliphatic carbocycles. The SMILES string of the molecule is COc1ccc(N2CC[NH+](CC(=O)NCCc3ccc(Cl)cc3)CC2)cc1. The summed E-state index contributed by atoms with van der Waals surface area (Å²) < 4.78 is 5.21. The van der Waals surface area contributed by atoms with Gasteiger partial charge in [-0.25, -0.2) is 0 Å². The molecule has 1 amide bonds. The molecule has 0 bridgehead atoms. The molecule has 2 N–H and O–H groups in total. The minimum Gasteiger partial charge on any atom is -0.497 e. The third-order valence-electron chi connectivity index (χ3n) is 4.97. The quantitative estimate of drug-likeness (QED) is 0.754. The fourth-order valence-electron chi connectivity index (χ4n) is 3.34. The van der Waals surface area contributed by atoms with Crippen LogP contribution in [0.15, 0.2) is 48.5 Å². The molecule has 144 valence electrons. The number of ether oxygens (including phenoxy) is 1. The van der Waals surface area contributed by atoms with Gasteiger partial charge in [0.25, 0.3) is 5.91 Å². The molecule has 0 spiro atoms. The summed E-state index contributed by atoms with van der Waals surface area (Å²) in [6.07, 6.45) is 0.823. The van der Waals surface area contributed by atoms with Crippen LogP contribution in [0.4, 0.5) is 5.69 Å². The highest BCUT2D eigenvalue weighted by molar-refractivity contribution is 6.30. The second kappa shape index (κ2) is 9.62. The van der Waals surface area contributed by atoms with Gasteiger partial charge in [0.15, 0.2) is 6.54 Å². The number of piperazine rings is 1. The Hall–Kier alpha value is -2.24. The molecule has 0 radical (unpaired) electrons. The summed E-state index contributed by atoms with van der Waals surface area (Å²) in [5, 5.41) is 3.76. The highest BCUT2D eigenvalue weighted by atomic mass is 35.5. The number of halogens is 1. The minimum absolute atomic E-state index is 0.122. The lowest BCUT2D eigenvalue weighted by atomic mass is 10.1. The van der Waals surface area contributed by atoms with Crippen molar-refractivity contribution < 1.29 is 14.4 Å². The number of nitrogens with one attached hydrogen (secondary N) is 2. The van der Waals surface area contributed by atoms with Crippen LogP contribution in [-0.4, -0.2) is 52.3 Å². The zero-order valence-electron chi connectivity index (χ0n) is 15.7. The number of rotatable bonds is 7. The molecule has 1 aliphatic heterocycles. The van der Waals surface area contributed by atoms with Gasteiger partial charge in [0.1, 0.15) is 5.75 Å². The number of anilines is 1. The van der Waals surface area contributed by atoms with Crippen LogP contribution in [-0.2, 0) is 11.2 Å². The molecule has 2 aromatic rings. The zero-order chi connectivity index (χ0) is 19.1. The van der Waals surface area contributed by atoms with Crippen molar-refractivity contribution in [1.82, 2.24) is 5.32 Å². The Bertz CT molecular complexity index is 726. The van der Waals surface area contributed by atoms with Crippen molar-refractivity contribution in [2.75, 3.05) is 51.3 Å². The summed E-state index contributed by atoms with van der Waals surface area (Å²) in [5.41, 5.74) is 2.39. The number of hydrogen-bond acceptors (Lipinski definition) is 3. The number of quaternary nitrogens is 1. The van der Waals surface area contributed by atoms with E-state index in [4.69, 9.17) is 16.3 Å². The van der Waals surface area contributed by atoms with E-state index in [0.29, 0.717) is 13.1 Å². The molecule has 3 rings (SSSR count). The molecule has 1 heterocycles. The third-order valence-corrected chi connectivity index (χ3v) is 5.22. The number of amides is 1. The number of hydrogen-bond donors (Lipinski definition) is 2. The molecule has 0 aromatic heterocycles. The van der Waals surface area contributed by atoms with Crippen LogP contribution in [0.2, 0.25) is 5.02 Å². The van der Waals surface area contributed by atoms with Crippen LogP contribution in [0.5, 0.6) is 5.75 Å². The van der Waals surface area contributed by atoms with Gasteiger partial charge in [-0.05, 0) is 48.4 Å². The maximum absolute atomic E-state index is 12.2. The van der Waals surface area contributed by atoms with Crippen molar-refractivity contribution in [3.63, 3.8) is 0 Å². The van der Waals surface area contributed by atoms with Crippen molar-refractivity contribution in [3.8, 4) is 5.75 Å². The number of carbonyl (C=O) groups is 1. The standard InChI is InChI=1S/C21H26ClN3O2/c1-27-20-8-6-19(7-9-20)25-14-12-24(13-15-25)16-21(26)23-11-10-17-2-4-18(22)5-3-17/h2-9H,10-16H2,1H3,(H,23,26)/p+1. The van der Waals surface area contributed by atoms with Crippen LogP contribution >= 0.6 is 11.6 Å². The maximum Gasteiger partial charge on any atom is 0.275 e. The van der Waals surface area contributed by atoms with Crippen molar-refractivity contribution in [1.29, 1.82) is 0 Å². The number of methoxy groups -OCH3 is 1. The Kier molecular flexibility index (Phi) is 6.96. The fraction of sp³-hybridized carbons (Fsp3) is 0.381. The van der Waals surface area contributed by atoms with Crippen molar-refractivity contribution in [2.24, 2.45) is 0 Å². The average Bonchev–Trinajstić information content (AvgIpc) is 2.70. The monoisotopic (exact) mass is 388 g/mol. The number of carbonyl (C=O) groups excluding carboxylic acids is 1. The molecule has 1 fully saturated rings. The second-order valence-corrected chi connectivity index (χ2v) is 7.27. The van der Waals surface area contributed by atoms with Gasteiger partial charge in [-0.15, -0.1) is 0 Å². The predicted octanol–water partition coefficient (Wildman–Crippen LogP) is 1.41. The van der Waals surface area contributed by atoms with E-state index in [1.165, 1.54) is 16.2 Å². The lowest BCUT2D eigenvalue weighted by molar-refractivity contribution is -0.892. The molecule has 2 aromatic carbocycles. The largest absolute Gasteiger partial charge is 0.497 e. The molecule has 0 atom stereocenters. The Balaban J connectivity index is 1.36. The topological polar surface area (TPSA) is 46.0 Å². The van der Waals surface area contributed by atoms with Gasteiger partial charge in [0, 0.05) is 17.3 Å². The zero-order valence-corrected chi connectivity index (χ0v) is 16.5. The maximum atomic E-state index is 12.2. The number of benzene rings is 2. The first-order valence-electron chi connectivity index (χ1n) is 9.38. The van der Waals surface area contributed by atoms with Gasteiger partial charge in [0.05, 0.1) is 33.3 Å². The highest BCUT2D eigenvalue weighted by Crippen LogP contribution is 2.18. The van der Waals surface area contributed by atoms with E-state index in [-0.39, 0.29) is 5.91 Å². The Labute approximate surface area is 165 Å². The molecular formula is C21H27ClN3O2+. The van der Waals surface area contributed by atoms with E-state index in [1.807, 2.05) is 36.4 Å². The lowest BCUT2D eigenvalue weighted by Crippen LogP contribution is -3.16. The van der Waals surface area contributed by atoms with Crippen LogP contribution < -0.4 is 19.9 Å². The van der Waals surface area contributed by atoms with Gasteiger partial charge in [-0.2, -0.15) is 0 Å². The van der Waals surface area contributed by atoms with Gasteiger partial charge in [0.2, 0.25) is 0 Å². The Morgan fingerprint density at radius 2 is 1.78 bits per heavy atom. The van der Waals surface area contributed by atoms with Crippen molar-refractivity contribution in [3.05, 3.63) is 59.1 Å². The summed E-state index contributed by atoms with van der Waals surface area (Å²) in [6.45, 7) is 5.05. The number of nitrogens with zero attached hydrogens (tertiary/aromatic N) is 1. The first kappa shape index (κ1) is 19.5. The molecule has 27 heavy (non-hydrogen) atoms. The molecule has 1 saturated heterocycles. The minimum atomic E-state index is 0.122. The van der Waals surface area contributed by atoms with E-state index in [2.05, 4.69) is 22.3 Å². The summed E-state index contributed by atoms with van der Waals surface area (Å²) in [7, 11) is 1.68. The highest BCUT2D eigenvalue weighted by Gasteiger charge is 2.22. The van der Waals surface area contributed by atoms with E-state index in [9.17, 15) is 4.79 Å². The molecular weight excluding hydrogens is 362 g/mol. The van der Waals surface area contributed by atoms with Crippen LogP contribution in [0.1, 0.15) is 5.56 Å². The van der Waals surface area contributed by atoms with Crippen molar-refractivity contribution in [2.45, 2.75) is 6.42 Å². The van der Waals surface area contributed by atoms with E-state index in [0.717, 1.165) is 43.4 Å². The molecule has 5 nitrogen and oxygen atoms in total. The van der Waals surface area contributed by atoms with E-state index >= 15 is 0 Å². The Morgan fingerprint density at radius 1 is 1.11 bits per heavy atom. The molecule has 0 unspecified atom stereocenters. The van der Waals surface area contributed by atoms with Crippen LogP contribution in [0, 0.1) is 0 Å². The third kappa shape index (κ3) is 5.88. The Morgan fingerprint density at radius 3 is 2.41 bits per heavy atom. The normalized spacial score (nSPS) is 14.8. The summed E-state index contributed by atoms with van der Waals surface area (Å²) in [4.78, 5) is 15.9. The second-order valence-electron chi connectivity index (χ2n) is 6.84. The summed E-state index contributed by atoms with van der Waals surface area (Å²) in [6, 6.07) is 15.9. The lowest BCUT2D eigenvalue weighted by Gasteiger charge is -2.33. The predicted molar refractivity (Wildman–Crippen MR) is 109 cm³/mol. The first-order valence-corrected chi connectivity index (χ1v) is 9.75.